The van der Waals surface area contributed by atoms with Crippen molar-refractivity contribution in [2.24, 2.45) is 28.7 Å². The van der Waals surface area contributed by atoms with Crippen LogP contribution in [0.4, 0.5) is 32.8 Å². The topological polar surface area (TPSA) is 554 Å². The summed E-state index contributed by atoms with van der Waals surface area (Å²) in [5.41, 5.74) is 31.6. The van der Waals surface area contributed by atoms with E-state index in [2.05, 4.69) is 113 Å². The van der Waals surface area contributed by atoms with Crippen molar-refractivity contribution in [1.29, 1.82) is 0 Å². The molecule has 0 fully saturated rings. The first kappa shape index (κ1) is 99.0. The van der Waals surface area contributed by atoms with Crippen LogP contribution in [0, 0.1) is 11.6 Å². The van der Waals surface area contributed by atoms with E-state index in [1.54, 1.807) is 64.1 Å². The molecule has 25 N–H and O–H groups in total. The number of urea groups is 5. The summed E-state index contributed by atoms with van der Waals surface area (Å²) in [6, 6.07) is 30.0. The molecule has 15 amide bonds. The summed E-state index contributed by atoms with van der Waals surface area (Å²) in [5, 5.41) is 38.1. The number of Topliss-reactive ketones (excluding diaryl/α,β-unsaturated/α-hetero) is 1. The molecule has 0 unspecified atom stereocenters. The molecule has 0 saturated carbocycles. The van der Waals surface area contributed by atoms with Crippen molar-refractivity contribution >= 4 is 112 Å². The maximum absolute atomic E-state index is 13.3. The molecule has 0 aliphatic carbocycles. The second-order valence-corrected chi connectivity index (χ2v) is 29.3. The van der Waals surface area contributed by atoms with Crippen molar-refractivity contribution in [3.05, 3.63) is 294 Å². The van der Waals surface area contributed by atoms with E-state index in [-0.39, 0.29) is 152 Å². The quantitative estimate of drug-likeness (QED) is 0.0208. The summed E-state index contributed by atoms with van der Waals surface area (Å²) in [6.07, 6.45) is 0. The molecule has 0 spiro atoms. The van der Waals surface area contributed by atoms with Crippen molar-refractivity contribution in [3.8, 4) is 34.5 Å². The number of hydrogen-bond donors (Lipinski definition) is 20. The van der Waals surface area contributed by atoms with Gasteiger partial charge < -0.3 is 137 Å². The predicted octanol–water partition coefficient (Wildman–Crippen LogP) is 7.81. The lowest BCUT2D eigenvalue weighted by Crippen LogP contribution is -2.49. The van der Waals surface area contributed by atoms with Crippen molar-refractivity contribution in [3.63, 3.8) is 0 Å². The van der Waals surface area contributed by atoms with Crippen molar-refractivity contribution in [1.82, 2.24) is 79.8 Å². The number of benzene rings is 6. The summed E-state index contributed by atoms with van der Waals surface area (Å²) in [6.45, 7) is 28.7. The molecule has 0 radical (unpaired) electrons. The second-order valence-electron chi connectivity index (χ2n) is 27.7. The zero-order valence-electron chi connectivity index (χ0n) is 69.2. The molecule has 0 aromatic heterocycles. The molecule has 0 bridgehead atoms. The highest BCUT2D eigenvalue weighted by atomic mass is 35.5. The van der Waals surface area contributed by atoms with Crippen LogP contribution in [0.5, 0.6) is 34.5 Å². The molecule has 5 aliphatic rings. The highest BCUT2D eigenvalue weighted by Gasteiger charge is 2.31. The van der Waals surface area contributed by atoms with Gasteiger partial charge in [0.1, 0.15) is 113 Å². The molecule has 127 heavy (non-hydrogen) atoms. The van der Waals surface area contributed by atoms with Gasteiger partial charge in [0.25, 0.3) is 29.5 Å². The van der Waals surface area contributed by atoms with Crippen molar-refractivity contribution in [2.45, 2.75) is 78.4 Å². The summed E-state index contributed by atoms with van der Waals surface area (Å²) in [4.78, 5) is 130. The molecular weight excluding hydrogens is 1740 g/mol. The van der Waals surface area contributed by atoms with Crippen LogP contribution in [0.3, 0.4) is 0 Å². The Morgan fingerprint density at radius 3 is 1.20 bits per heavy atom. The van der Waals surface area contributed by atoms with E-state index in [0.717, 1.165) is 17.2 Å². The Morgan fingerprint density at radius 2 is 0.780 bits per heavy atom. The zero-order valence-corrected chi connectivity index (χ0v) is 72.2. The average Bonchev–Trinajstić information content (AvgIpc) is 0.833. The van der Waals surface area contributed by atoms with Crippen LogP contribution in [0.1, 0.15) is 69.1 Å². The number of nitrogens with two attached hydrogens (primary N) is 5. The van der Waals surface area contributed by atoms with Gasteiger partial charge >= 0.3 is 30.2 Å². The van der Waals surface area contributed by atoms with Gasteiger partial charge in [-0.1, -0.05) is 128 Å². The fourth-order valence-electron chi connectivity index (χ4n) is 10.7. The number of ether oxygens (including phenoxy) is 6. The molecule has 43 heteroatoms. The lowest BCUT2D eigenvalue weighted by atomic mass is 10.1. The Labute approximate surface area is 746 Å². The average molecular weight is 1830 g/mol. The van der Waals surface area contributed by atoms with Crippen molar-refractivity contribution in [2.75, 3.05) is 33.5 Å². The molecule has 5 heterocycles. The van der Waals surface area contributed by atoms with Gasteiger partial charge in [-0.15, -0.1) is 0 Å². The van der Waals surface area contributed by atoms with Gasteiger partial charge in [-0.3, -0.25) is 28.8 Å². The van der Waals surface area contributed by atoms with E-state index < -0.39 is 83.4 Å². The SMILES string of the molecule is C=C1NC(=O)NC(C(=O)N[C@H](C)COc2cc(Cl)cc(OC)c2)=C1N.C=C1NC(=O)NC(C(=O)N[C@H](C)COc2ccc(F)c(Cl)c2)=C1N.C=C1NC(=O)NC(C(=O)N[C@H](C)COc2ccc(F)cc2C(C)=O)=C1N.C=C1NC(=O)NC(C(=O)N[C@H](C)COc2cccc(Cl)c2Cl)=C1N.C=C1NC(=O)NC(C(=O)N[C@H](C)c2cccc(OCc3ccccc3)c2)=C1N. The van der Waals surface area contributed by atoms with E-state index in [4.69, 9.17) is 103 Å². The number of amides is 15. The molecule has 0 saturated heterocycles. The first-order chi connectivity index (χ1) is 60.0. The maximum atomic E-state index is 13.3. The van der Waals surface area contributed by atoms with E-state index in [0.29, 0.717) is 50.4 Å². The van der Waals surface area contributed by atoms with Gasteiger partial charge in [0, 0.05) is 17.2 Å². The highest BCUT2D eigenvalue weighted by molar-refractivity contribution is 6.43. The van der Waals surface area contributed by atoms with Gasteiger partial charge in [0.15, 0.2) is 5.78 Å². The van der Waals surface area contributed by atoms with Crippen LogP contribution >= 0.6 is 46.4 Å². The molecule has 6 aromatic rings. The largest absolute Gasteiger partial charge is 0.497 e. The number of carbonyl (C=O) groups excluding carboxylic acids is 11. The Kier molecular flexibility index (Phi) is 36.2. The molecule has 37 nitrogen and oxygen atoms in total. The molecule has 5 aliphatic heterocycles. The van der Waals surface area contributed by atoms with Crippen LogP contribution in [0.15, 0.2) is 246 Å². The number of nitrogens with one attached hydrogen (secondary N) is 15. The smallest absolute Gasteiger partial charge is 0.323 e. The van der Waals surface area contributed by atoms with E-state index in [1.807, 2.05) is 61.5 Å². The number of carbonyl (C=O) groups is 11. The molecular formula is C84H92Cl4F2N20O17. The predicted molar refractivity (Wildman–Crippen MR) is 469 cm³/mol. The van der Waals surface area contributed by atoms with E-state index in [9.17, 15) is 61.5 Å². The molecule has 672 valence electrons. The third kappa shape index (κ3) is 29.9. The minimum atomic E-state index is -0.615. The number of methoxy groups -OCH3 is 1. The normalized spacial score (nSPS) is 15.2. The third-order valence-corrected chi connectivity index (χ3v) is 18.6. The molecule has 11 rings (SSSR count). The van der Waals surface area contributed by atoms with Crippen LogP contribution < -0.4 is 137 Å². The Bertz CT molecular complexity index is 5520. The maximum Gasteiger partial charge on any atom is 0.323 e. The minimum absolute atomic E-state index is 0.0119. The molecule has 5 atom stereocenters. The highest BCUT2D eigenvalue weighted by Crippen LogP contribution is 2.32. The van der Waals surface area contributed by atoms with Gasteiger partial charge in [0.05, 0.1) is 110 Å². The van der Waals surface area contributed by atoms with Crippen LogP contribution in [-0.2, 0) is 30.6 Å². The lowest BCUT2D eigenvalue weighted by molar-refractivity contribution is -0.119. The van der Waals surface area contributed by atoms with Crippen LogP contribution in [0.25, 0.3) is 0 Å². The first-order valence-corrected chi connectivity index (χ1v) is 39.2. The van der Waals surface area contributed by atoms with E-state index >= 15 is 0 Å². The minimum Gasteiger partial charge on any atom is -0.497 e. The Morgan fingerprint density at radius 1 is 0.394 bits per heavy atom. The summed E-state index contributed by atoms with van der Waals surface area (Å²) < 4.78 is 59.3. The zero-order chi connectivity index (χ0) is 93.8. The number of halogens is 6. The second kappa shape index (κ2) is 46.4. The monoisotopic (exact) mass is 1830 g/mol. The van der Waals surface area contributed by atoms with Crippen LogP contribution in [-0.4, -0.2) is 123 Å². The standard InChI is InChI=1S/C21H22N4O3.C17H19FN4O4.C16H19ClN4O4.C15H16Cl2N4O3.C15H16ClFN4O3/c1-13(23-20(26)19-18(22)14(2)24-21(27)25-19)16-9-6-10-17(11-16)28-12-15-7-4-3-5-8-15;1-8(7-26-13-5-4-11(18)6-12(13)10(3)23)20-16(24)15-14(19)9(2)21-17(25)22-15;1-8(7-25-12-5-10(17)4-11(6-12)24-3)19-15(22)14-13(18)9(2)20-16(23)21-14;1-7(6-24-10-5-3-4-9(16)11(10)17)19-14(22)13-12(18)8(2)20-15(23)21-13;1-7(6-24-9-3-4-11(17)10(16)5-9)19-14(22)13-12(18)8(2)20-15(23)21-13/h3-11,13H,2,12,22H2,1H3,(H,23,26)(H2,24,25,27);4-6,8H,2,7,19H2,1,3H3,(H,20,24)(H2,21,22,25);4-6,8H,2,7,18H2,1,3H3,(H,19,22)(H2,20,21,23);2*3-5,7H,2,6,18H2,1H3,(H,19,22)(H2,20,21,23)/t13-;2*8-;2*7-/m11111/s1. The number of rotatable bonds is 28. The number of hydrogen-bond acceptors (Lipinski definition) is 22. The van der Waals surface area contributed by atoms with Gasteiger partial charge in [-0.25, -0.2) is 32.8 Å². The van der Waals surface area contributed by atoms with Gasteiger partial charge in [-0.2, -0.15) is 0 Å². The fourth-order valence-corrected chi connectivity index (χ4v) is 11.5. The van der Waals surface area contributed by atoms with Gasteiger partial charge in [-0.05, 0) is 119 Å². The van der Waals surface area contributed by atoms with Crippen LogP contribution in [0.2, 0.25) is 20.1 Å². The van der Waals surface area contributed by atoms with E-state index in [1.165, 1.54) is 44.4 Å². The number of ketones is 1. The lowest BCUT2D eigenvalue weighted by Gasteiger charge is -2.22. The molecule has 6 aromatic carbocycles. The van der Waals surface area contributed by atoms with Crippen molar-refractivity contribution < 1.29 is 89.9 Å². The Balaban J connectivity index is 0.000000218. The fraction of sp³-hybridized carbons (Fsp3) is 0.202. The first-order valence-electron chi connectivity index (χ1n) is 37.7. The van der Waals surface area contributed by atoms with Gasteiger partial charge in [0.2, 0.25) is 0 Å². The summed E-state index contributed by atoms with van der Waals surface area (Å²) in [7, 11) is 1.53. The third-order valence-electron chi connectivity index (χ3n) is 17.3. The summed E-state index contributed by atoms with van der Waals surface area (Å²) in [5.74, 6) is -1.43. The summed E-state index contributed by atoms with van der Waals surface area (Å²) >= 11 is 23.6. The Hall–Kier alpha value is -15.1.